The molecular formula is C13H16N2O2. The first-order chi connectivity index (χ1) is 8.22. The Hall–Kier alpha value is -2.15. The molecule has 0 spiro atoms. The van der Waals surface area contributed by atoms with Gasteiger partial charge in [-0.1, -0.05) is 5.92 Å². The van der Waals surface area contributed by atoms with E-state index in [1.807, 2.05) is 0 Å². The maximum absolute atomic E-state index is 11.4. The van der Waals surface area contributed by atoms with Gasteiger partial charge in [-0.2, -0.15) is 0 Å². The lowest BCUT2D eigenvalue weighted by atomic mass is 10.1. The molecule has 1 rings (SSSR count). The smallest absolute Gasteiger partial charge is 0.251 e. The molecule has 2 N–H and O–H groups in total. The first-order valence-electron chi connectivity index (χ1n) is 5.26. The molecule has 0 aliphatic carbocycles. The Balaban J connectivity index is 2.91. The van der Waals surface area contributed by atoms with Crippen molar-refractivity contribution in [3.8, 4) is 17.6 Å². The summed E-state index contributed by atoms with van der Waals surface area (Å²) in [6.45, 7) is 2.33. The van der Waals surface area contributed by atoms with Crippen molar-refractivity contribution in [2.45, 2.75) is 6.92 Å². The van der Waals surface area contributed by atoms with E-state index in [9.17, 15) is 4.79 Å². The number of methoxy groups -OCH3 is 1. The summed E-state index contributed by atoms with van der Waals surface area (Å²) >= 11 is 0. The van der Waals surface area contributed by atoms with E-state index in [1.54, 1.807) is 39.3 Å². The normalized spacial score (nSPS) is 8.88. The molecular weight excluding hydrogens is 216 g/mol. The van der Waals surface area contributed by atoms with Gasteiger partial charge in [0.2, 0.25) is 0 Å². The SMILES string of the molecule is CC#CCNc1ccc(C(=O)NC)cc1OC. The molecule has 1 amide bonds. The minimum Gasteiger partial charge on any atom is -0.495 e. The number of anilines is 1. The minimum atomic E-state index is -0.136. The van der Waals surface area contributed by atoms with E-state index in [0.29, 0.717) is 17.9 Å². The largest absolute Gasteiger partial charge is 0.495 e. The average molecular weight is 232 g/mol. The summed E-state index contributed by atoms with van der Waals surface area (Å²) in [5.74, 6) is 6.19. The van der Waals surface area contributed by atoms with Crippen LogP contribution in [-0.2, 0) is 0 Å². The second-order valence-corrected chi connectivity index (χ2v) is 3.27. The number of carbonyl (C=O) groups excluding carboxylic acids is 1. The van der Waals surface area contributed by atoms with E-state index >= 15 is 0 Å². The third-order valence-electron chi connectivity index (χ3n) is 2.23. The van der Waals surface area contributed by atoms with Gasteiger partial charge in [0.1, 0.15) is 5.75 Å². The topological polar surface area (TPSA) is 50.4 Å². The van der Waals surface area contributed by atoms with Crippen molar-refractivity contribution in [2.75, 3.05) is 26.0 Å². The second-order valence-electron chi connectivity index (χ2n) is 3.27. The second kappa shape index (κ2) is 6.44. The molecule has 0 saturated heterocycles. The van der Waals surface area contributed by atoms with Crippen LogP contribution in [0.5, 0.6) is 5.75 Å². The Morgan fingerprint density at radius 1 is 1.47 bits per heavy atom. The molecule has 0 fully saturated rings. The van der Waals surface area contributed by atoms with E-state index in [0.717, 1.165) is 5.69 Å². The number of nitrogens with one attached hydrogen (secondary N) is 2. The van der Waals surface area contributed by atoms with Gasteiger partial charge in [0.05, 0.1) is 19.3 Å². The van der Waals surface area contributed by atoms with Crippen molar-refractivity contribution in [3.05, 3.63) is 23.8 Å². The Morgan fingerprint density at radius 2 is 2.24 bits per heavy atom. The molecule has 1 aromatic rings. The predicted octanol–water partition coefficient (Wildman–Crippen LogP) is 1.49. The highest BCUT2D eigenvalue weighted by Gasteiger charge is 2.08. The molecule has 0 heterocycles. The number of benzene rings is 1. The monoisotopic (exact) mass is 232 g/mol. The molecule has 0 aliphatic rings. The standard InChI is InChI=1S/C13H16N2O2/c1-4-5-8-15-11-7-6-10(13(16)14-2)9-12(11)17-3/h6-7,9,15H,8H2,1-3H3,(H,14,16). The van der Waals surface area contributed by atoms with Gasteiger partial charge in [-0.3, -0.25) is 4.79 Å². The van der Waals surface area contributed by atoms with Crippen LogP contribution < -0.4 is 15.4 Å². The summed E-state index contributed by atoms with van der Waals surface area (Å²) in [5, 5.41) is 5.69. The van der Waals surface area contributed by atoms with Gasteiger partial charge in [-0.15, -0.1) is 5.92 Å². The lowest BCUT2D eigenvalue weighted by molar-refractivity contribution is 0.0963. The van der Waals surface area contributed by atoms with E-state index < -0.39 is 0 Å². The lowest BCUT2D eigenvalue weighted by Crippen LogP contribution is -2.17. The number of amides is 1. The van der Waals surface area contributed by atoms with E-state index in [4.69, 9.17) is 4.74 Å². The van der Waals surface area contributed by atoms with Gasteiger partial charge in [0.15, 0.2) is 0 Å². The molecule has 0 aliphatic heterocycles. The number of carbonyl (C=O) groups is 1. The first-order valence-corrected chi connectivity index (χ1v) is 5.26. The van der Waals surface area contributed by atoms with Crippen molar-refractivity contribution >= 4 is 11.6 Å². The zero-order valence-corrected chi connectivity index (χ0v) is 10.3. The van der Waals surface area contributed by atoms with Crippen LogP contribution in [0.15, 0.2) is 18.2 Å². The van der Waals surface area contributed by atoms with Gasteiger partial charge in [-0.25, -0.2) is 0 Å². The van der Waals surface area contributed by atoms with E-state index in [2.05, 4.69) is 22.5 Å². The molecule has 1 aromatic carbocycles. The molecule has 17 heavy (non-hydrogen) atoms. The van der Waals surface area contributed by atoms with Gasteiger partial charge in [0, 0.05) is 12.6 Å². The van der Waals surface area contributed by atoms with Gasteiger partial charge in [-0.05, 0) is 25.1 Å². The van der Waals surface area contributed by atoms with Crippen molar-refractivity contribution in [2.24, 2.45) is 0 Å². The number of ether oxygens (including phenoxy) is 1. The van der Waals surface area contributed by atoms with E-state index in [-0.39, 0.29) is 5.91 Å². The lowest BCUT2D eigenvalue weighted by Gasteiger charge is -2.10. The molecule has 4 nitrogen and oxygen atoms in total. The molecule has 4 heteroatoms. The summed E-state index contributed by atoms with van der Waals surface area (Å²) in [6, 6.07) is 5.24. The average Bonchev–Trinajstić information content (AvgIpc) is 2.38. The van der Waals surface area contributed by atoms with Crippen molar-refractivity contribution in [1.29, 1.82) is 0 Å². The maximum atomic E-state index is 11.4. The summed E-state index contributed by atoms with van der Waals surface area (Å²) in [5.41, 5.74) is 1.39. The maximum Gasteiger partial charge on any atom is 0.251 e. The van der Waals surface area contributed by atoms with Crippen LogP contribution in [-0.4, -0.2) is 26.6 Å². The van der Waals surface area contributed by atoms with Crippen molar-refractivity contribution in [3.63, 3.8) is 0 Å². The quantitative estimate of drug-likeness (QED) is 0.773. The van der Waals surface area contributed by atoms with Crippen LogP contribution in [0.3, 0.4) is 0 Å². The number of hydrogen-bond donors (Lipinski definition) is 2. The van der Waals surface area contributed by atoms with Crippen LogP contribution >= 0.6 is 0 Å². The Kier molecular flexibility index (Phi) is 4.89. The molecule has 0 unspecified atom stereocenters. The highest BCUT2D eigenvalue weighted by Crippen LogP contribution is 2.25. The molecule has 90 valence electrons. The fraction of sp³-hybridized carbons (Fsp3) is 0.308. The highest BCUT2D eigenvalue weighted by atomic mass is 16.5. The van der Waals surface area contributed by atoms with E-state index in [1.165, 1.54) is 0 Å². The zero-order chi connectivity index (χ0) is 12.7. The Labute approximate surface area is 101 Å². The number of rotatable bonds is 4. The predicted molar refractivity (Wildman–Crippen MR) is 68.3 cm³/mol. The van der Waals surface area contributed by atoms with Gasteiger partial charge < -0.3 is 15.4 Å². The third-order valence-corrected chi connectivity index (χ3v) is 2.23. The van der Waals surface area contributed by atoms with Gasteiger partial charge in [0.25, 0.3) is 5.91 Å². The minimum absolute atomic E-state index is 0.136. The number of hydrogen-bond acceptors (Lipinski definition) is 3. The van der Waals surface area contributed by atoms with Crippen LogP contribution in [0.25, 0.3) is 0 Å². The molecule has 0 aromatic heterocycles. The van der Waals surface area contributed by atoms with Crippen LogP contribution in [0, 0.1) is 11.8 Å². The molecule has 0 saturated carbocycles. The highest BCUT2D eigenvalue weighted by molar-refractivity contribution is 5.95. The fourth-order valence-corrected chi connectivity index (χ4v) is 1.35. The third kappa shape index (κ3) is 3.42. The summed E-state index contributed by atoms with van der Waals surface area (Å²) in [7, 11) is 3.16. The fourth-order valence-electron chi connectivity index (χ4n) is 1.35. The summed E-state index contributed by atoms with van der Waals surface area (Å²) < 4.78 is 5.22. The Morgan fingerprint density at radius 3 is 2.82 bits per heavy atom. The molecule has 0 radical (unpaired) electrons. The molecule has 0 atom stereocenters. The van der Waals surface area contributed by atoms with Gasteiger partial charge >= 0.3 is 0 Å². The first kappa shape index (κ1) is 12.9. The van der Waals surface area contributed by atoms with Crippen LogP contribution in [0.4, 0.5) is 5.69 Å². The summed E-state index contributed by atoms with van der Waals surface area (Å²) in [6.07, 6.45) is 0. The van der Waals surface area contributed by atoms with Crippen molar-refractivity contribution < 1.29 is 9.53 Å². The summed E-state index contributed by atoms with van der Waals surface area (Å²) in [4.78, 5) is 11.4. The molecule has 0 bridgehead atoms. The van der Waals surface area contributed by atoms with Crippen LogP contribution in [0.2, 0.25) is 0 Å². The van der Waals surface area contributed by atoms with Crippen LogP contribution in [0.1, 0.15) is 17.3 Å². The zero-order valence-electron chi connectivity index (χ0n) is 10.3. The van der Waals surface area contributed by atoms with Crippen molar-refractivity contribution in [1.82, 2.24) is 5.32 Å². The Bertz CT molecular complexity index is 458.